The van der Waals surface area contributed by atoms with Crippen LogP contribution < -0.4 is 15.0 Å². The summed E-state index contributed by atoms with van der Waals surface area (Å²) in [6.07, 6.45) is 1.70. The molecule has 3 atom stereocenters. The number of piperidine rings is 1. The summed E-state index contributed by atoms with van der Waals surface area (Å²) < 4.78 is 48.9. The number of nitrogens with zero attached hydrogens (tertiary/aromatic N) is 4. The van der Waals surface area contributed by atoms with Crippen LogP contribution in [0.4, 0.5) is 14.9 Å². The first-order valence-corrected chi connectivity index (χ1v) is 23.3. The topological polar surface area (TPSA) is 258 Å². The Labute approximate surface area is 351 Å². The molecule has 0 aliphatic carbocycles. The third kappa shape index (κ3) is 12.5. The zero-order valence-corrected chi connectivity index (χ0v) is 35.2. The average Bonchev–Trinajstić information content (AvgIpc) is 3.84. The molecule has 2 fully saturated rings. The van der Waals surface area contributed by atoms with Gasteiger partial charge in [0.15, 0.2) is 11.2 Å². The normalized spacial score (nSPS) is 19.4. The maximum Gasteiger partial charge on any atom is 0.414 e. The van der Waals surface area contributed by atoms with Crippen molar-refractivity contribution in [2.75, 3.05) is 44.2 Å². The van der Waals surface area contributed by atoms with Crippen LogP contribution in [-0.4, -0.2) is 121 Å². The Morgan fingerprint density at radius 2 is 1.74 bits per heavy atom. The maximum atomic E-state index is 15.3. The van der Waals surface area contributed by atoms with Crippen molar-refractivity contribution in [1.82, 2.24) is 15.2 Å². The van der Waals surface area contributed by atoms with E-state index in [0.717, 1.165) is 25.9 Å². The summed E-state index contributed by atoms with van der Waals surface area (Å²) in [7, 11) is -9.97. The smallest absolute Gasteiger partial charge is 0.414 e. The quantitative estimate of drug-likeness (QED) is 0.0553. The van der Waals surface area contributed by atoms with Gasteiger partial charge in [0.2, 0.25) is 5.91 Å². The number of pyridine rings is 1. The maximum absolute atomic E-state index is 15.3. The van der Waals surface area contributed by atoms with Gasteiger partial charge in [-0.3, -0.25) is 28.6 Å². The molecule has 2 unspecified atom stereocenters. The van der Waals surface area contributed by atoms with Crippen LogP contribution in [0.2, 0.25) is 0 Å². The zero-order valence-electron chi connectivity index (χ0n) is 33.4. The minimum Gasteiger partial charge on any atom is -0.494 e. The number of carbonyl (C=O) groups is 3. The number of oxime groups is 1. The molecule has 6 N–H and O–H groups in total. The second-order valence-electron chi connectivity index (χ2n) is 15.4. The number of benzene rings is 2. The molecule has 0 spiro atoms. The summed E-state index contributed by atoms with van der Waals surface area (Å²) in [6.45, 7) is 3.69. The lowest BCUT2D eigenvalue weighted by atomic mass is 9.87. The highest BCUT2D eigenvalue weighted by Gasteiger charge is 2.42. The van der Waals surface area contributed by atoms with Gasteiger partial charge in [0.25, 0.3) is 0 Å². The van der Waals surface area contributed by atoms with E-state index in [1.807, 2.05) is 0 Å². The molecule has 4 heterocycles. The number of hydrogen-bond donors (Lipinski definition) is 6. The average molecular weight is 890 g/mol. The van der Waals surface area contributed by atoms with Crippen LogP contribution in [0.15, 0.2) is 65.9 Å². The Hall–Kier alpha value is -4.58. The number of hydrogen-bond acceptors (Lipinski definition) is 12. The predicted octanol–water partition coefficient (Wildman–Crippen LogP) is 4.42. The van der Waals surface area contributed by atoms with Gasteiger partial charge in [-0.25, -0.2) is 9.18 Å². The molecule has 6 rings (SSSR count). The summed E-state index contributed by atoms with van der Waals surface area (Å²) in [5.41, 5.74) is 2.85. The number of cyclic esters (lactones) is 1. The molecule has 18 nitrogen and oxygen atoms in total. The summed E-state index contributed by atoms with van der Waals surface area (Å²) in [5.74, 6) is -0.374. The van der Waals surface area contributed by atoms with Crippen LogP contribution in [-0.2, 0) is 23.5 Å². The van der Waals surface area contributed by atoms with Gasteiger partial charge in [0, 0.05) is 55.6 Å². The first kappa shape index (κ1) is 45.9. The van der Waals surface area contributed by atoms with Crippen molar-refractivity contribution in [2.24, 2.45) is 11.1 Å². The molecule has 0 saturated carbocycles. The number of ether oxygens (including phenoxy) is 2. The van der Waals surface area contributed by atoms with E-state index >= 15 is 4.39 Å². The molecule has 330 valence electrons. The highest BCUT2D eigenvalue weighted by molar-refractivity contribution is 7.70. The van der Waals surface area contributed by atoms with E-state index in [4.69, 9.17) is 14.3 Å². The summed E-state index contributed by atoms with van der Waals surface area (Å²) in [4.78, 5) is 87.1. The fourth-order valence-corrected chi connectivity index (χ4v) is 10.2. The molecule has 2 amide bonds. The number of amides is 2. The molecule has 1 aromatic heterocycles. The predicted molar refractivity (Wildman–Crippen MR) is 220 cm³/mol. The number of anilines is 1. The number of likely N-dealkylation sites (tertiary alicyclic amines) is 1. The minimum atomic E-state index is -4.98. The van der Waals surface area contributed by atoms with E-state index in [9.17, 15) is 48.2 Å². The van der Waals surface area contributed by atoms with Gasteiger partial charge >= 0.3 is 21.3 Å². The molecule has 2 saturated heterocycles. The Morgan fingerprint density at radius 3 is 2.38 bits per heavy atom. The Balaban J connectivity index is 0.885. The van der Waals surface area contributed by atoms with Crippen molar-refractivity contribution in [3.8, 4) is 16.9 Å². The molecular formula is C40H50FN5O13P2. The number of rotatable bonds is 19. The lowest BCUT2D eigenvalue weighted by Crippen LogP contribution is -2.39. The summed E-state index contributed by atoms with van der Waals surface area (Å²) >= 11 is 0. The van der Waals surface area contributed by atoms with E-state index in [1.165, 1.54) is 17.9 Å². The van der Waals surface area contributed by atoms with Crippen molar-refractivity contribution in [3.05, 3.63) is 77.9 Å². The Kier molecular flexibility index (Phi) is 15.1. The Morgan fingerprint density at radius 1 is 1.02 bits per heavy atom. The Bertz CT molecular complexity index is 2140. The molecule has 0 radical (unpaired) electrons. The van der Waals surface area contributed by atoms with E-state index in [2.05, 4.69) is 20.4 Å². The number of halogens is 1. The fraction of sp³-hybridized carbons (Fsp3) is 0.475. The van der Waals surface area contributed by atoms with Crippen molar-refractivity contribution >= 4 is 44.4 Å². The molecule has 3 aliphatic rings. The van der Waals surface area contributed by atoms with Gasteiger partial charge in [-0.05, 0) is 93.2 Å². The lowest BCUT2D eigenvalue weighted by molar-refractivity contribution is -0.119. The second-order valence-corrected chi connectivity index (χ2v) is 19.5. The van der Waals surface area contributed by atoms with Crippen LogP contribution in [0.5, 0.6) is 5.75 Å². The van der Waals surface area contributed by atoms with Crippen molar-refractivity contribution in [2.45, 2.75) is 75.6 Å². The molecule has 0 bridgehead atoms. The molecule has 61 heavy (non-hydrogen) atoms. The minimum absolute atomic E-state index is 0.00535. The number of aliphatic hydroxyl groups excluding tert-OH is 1. The van der Waals surface area contributed by atoms with Gasteiger partial charge in [-0.2, -0.15) is 0 Å². The number of aromatic nitrogens is 1. The van der Waals surface area contributed by atoms with Crippen molar-refractivity contribution in [3.63, 3.8) is 0 Å². The molecule has 3 aromatic rings. The number of Topliss-reactive ketones (excluding diaryl/α,β-unsaturated/α-hetero) is 1. The fourth-order valence-electron chi connectivity index (χ4n) is 7.58. The third-order valence-electron chi connectivity index (χ3n) is 11.0. The standard InChI is InChI=1S/C40H50FN5O13P2/c1-25(47)42-23-32-24-46(40(50)58-32)29-7-10-33(34(41)19-29)28-6-11-35(43-22-28)36-20-31(59-44-36)21-38(49)27-12-15-45(16-13-27)17-14-37(48)26-4-8-30(9-5-26)57-18-2-3-39(60(51,52)53)61(54,55)56/h4-11,19,22,27,31-32,38-39,49H,2-3,12-18,20-21,23-24H2,1H3,(H,42,47)(H2,51,52,53)(H2,54,55,56)/t31?,32-,38?/m0/s1. The van der Waals surface area contributed by atoms with Crippen LogP contribution in [0.3, 0.4) is 0 Å². The van der Waals surface area contributed by atoms with E-state index in [-0.39, 0.29) is 49.8 Å². The number of nitrogens with one attached hydrogen (secondary N) is 1. The summed E-state index contributed by atoms with van der Waals surface area (Å²) in [5, 5.41) is 15.9. The van der Waals surface area contributed by atoms with E-state index < -0.39 is 51.1 Å². The zero-order chi connectivity index (χ0) is 43.9. The van der Waals surface area contributed by atoms with Crippen LogP contribution in [0.25, 0.3) is 11.1 Å². The molecule has 21 heteroatoms. The van der Waals surface area contributed by atoms with Gasteiger partial charge in [-0.1, -0.05) is 11.2 Å². The van der Waals surface area contributed by atoms with Crippen molar-refractivity contribution in [1.29, 1.82) is 0 Å². The van der Waals surface area contributed by atoms with Gasteiger partial charge in [0.1, 0.15) is 29.5 Å². The lowest BCUT2D eigenvalue weighted by Gasteiger charge is -2.34. The molecular weight excluding hydrogens is 839 g/mol. The van der Waals surface area contributed by atoms with Crippen LogP contribution in [0, 0.1) is 11.7 Å². The van der Waals surface area contributed by atoms with Gasteiger partial charge < -0.3 is 49.2 Å². The number of carbonyl (C=O) groups excluding carboxylic acids is 3. The van der Waals surface area contributed by atoms with Gasteiger partial charge in [-0.15, -0.1) is 0 Å². The van der Waals surface area contributed by atoms with E-state index in [0.29, 0.717) is 65.3 Å². The van der Waals surface area contributed by atoms with Crippen LogP contribution >= 0.6 is 15.2 Å². The van der Waals surface area contributed by atoms with Crippen LogP contribution in [0.1, 0.15) is 67.9 Å². The second kappa shape index (κ2) is 20.1. The molecule has 2 aromatic carbocycles. The van der Waals surface area contributed by atoms with Crippen molar-refractivity contribution < 1.29 is 66.9 Å². The first-order chi connectivity index (χ1) is 28.9. The first-order valence-electron chi connectivity index (χ1n) is 19.9. The third-order valence-corrected chi connectivity index (χ3v) is 14.9. The van der Waals surface area contributed by atoms with E-state index in [1.54, 1.807) is 54.7 Å². The largest absolute Gasteiger partial charge is 0.494 e. The highest BCUT2D eigenvalue weighted by atomic mass is 31.2. The summed E-state index contributed by atoms with van der Waals surface area (Å²) in [6, 6.07) is 14.3. The number of aliphatic hydroxyl groups is 1. The highest BCUT2D eigenvalue weighted by Crippen LogP contribution is 2.61. The van der Waals surface area contributed by atoms with Gasteiger partial charge in [0.05, 0.1) is 37.2 Å². The number of ketones is 1. The SMILES string of the molecule is CC(=O)NC[C@H]1CN(c2ccc(-c3ccc(C4=NOC(CC(O)C5CCN(CCC(=O)c6ccc(OCCCC(P(=O)(O)O)P(=O)(O)O)cc6)CC5)C4)nc3)c(F)c2)C(=O)O1. The molecule has 3 aliphatic heterocycles. The monoisotopic (exact) mass is 889 g/mol.